The van der Waals surface area contributed by atoms with Gasteiger partial charge in [-0.2, -0.15) is 8.78 Å². The molecule has 0 saturated heterocycles. The van der Waals surface area contributed by atoms with Crippen molar-refractivity contribution in [1.29, 1.82) is 0 Å². The molecule has 1 aromatic carbocycles. The Kier molecular flexibility index (Phi) is 5.52. The summed E-state index contributed by atoms with van der Waals surface area (Å²) in [7, 11) is 1.80. The van der Waals surface area contributed by atoms with Crippen molar-refractivity contribution in [3.63, 3.8) is 0 Å². The van der Waals surface area contributed by atoms with Gasteiger partial charge in [0.1, 0.15) is 11.5 Å². The van der Waals surface area contributed by atoms with Gasteiger partial charge in [-0.15, -0.1) is 0 Å². The molecule has 0 radical (unpaired) electrons. The first-order valence-electron chi connectivity index (χ1n) is 9.95. The zero-order valence-corrected chi connectivity index (χ0v) is 17.8. The number of anilines is 2. The lowest BCUT2D eigenvalue weighted by Crippen LogP contribution is -2.15. The van der Waals surface area contributed by atoms with Gasteiger partial charge in [-0.05, 0) is 48.4 Å². The van der Waals surface area contributed by atoms with Crippen LogP contribution in [-0.2, 0) is 5.92 Å². The van der Waals surface area contributed by atoms with E-state index in [9.17, 15) is 13.6 Å². The molecule has 2 N–H and O–H groups in total. The van der Waals surface area contributed by atoms with Crippen LogP contribution >= 0.6 is 0 Å². The fourth-order valence-electron chi connectivity index (χ4n) is 3.33. The molecule has 32 heavy (non-hydrogen) atoms. The Bertz CT molecular complexity index is 1320. The van der Waals surface area contributed by atoms with Gasteiger partial charge in [-0.1, -0.05) is 6.07 Å². The maximum absolute atomic E-state index is 13.6. The summed E-state index contributed by atoms with van der Waals surface area (Å²) in [5, 5.41) is 6.65. The lowest BCUT2D eigenvalue weighted by Gasteiger charge is -2.13. The van der Waals surface area contributed by atoms with Crippen LogP contribution in [0.2, 0.25) is 0 Å². The maximum Gasteiger partial charge on any atom is 0.286 e. The van der Waals surface area contributed by atoms with E-state index in [1.807, 2.05) is 31.2 Å². The van der Waals surface area contributed by atoms with Gasteiger partial charge in [0, 0.05) is 60.8 Å². The predicted octanol–water partition coefficient (Wildman–Crippen LogP) is 5.41. The van der Waals surface area contributed by atoms with Crippen LogP contribution in [0.4, 0.5) is 20.3 Å². The molecule has 6 nitrogen and oxygen atoms in total. The van der Waals surface area contributed by atoms with E-state index in [0.717, 1.165) is 46.4 Å². The third-order valence-corrected chi connectivity index (χ3v) is 5.10. The molecule has 1 amide bonds. The van der Waals surface area contributed by atoms with Gasteiger partial charge in [0.05, 0.1) is 5.52 Å². The van der Waals surface area contributed by atoms with E-state index in [1.165, 1.54) is 12.3 Å². The first kappa shape index (κ1) is 21.3. The predicted molar refractivity (Wildman–Crippen MR) is 121 cm³/mol. The Morgan fingerprint density at radius 1 is 1.00 bits per heavy atom. The van der Waals surface area contributed by atoms with Crippen molar-refractivity contribution in [1.82, 2.24) is 15.0 Å². The highest BCUT2D eigenvalue weighted by molar-refractivity contribution is 6.04. The number of fused-ring (bicyclic) bond motifs is 1. The first-order chi connectivity index (χ1) is 15.2. The van der Waals surface area contributed by atoms with Gasteiger partial charge in [0.25, 0.3) is 11.8 Å². The van der Waals surface area contributed by atoms with Gasteiger partial charge in [0.2, 0.25) is 0 Å². The minimum atomic E-state index is -3.13. The molecule has 162 valence electrons. The number of hydrogen-bond acceptors (Lipinski definition) is 5. The number of pyridine rings is 3. The van der Waals surface area contributed by atoms with Crippen molar-refractivity contribution >= 4 is 28.3 Å². The Morgan fingerprint density at radius 3 is 2.56 bits per heavy atom. The number of aryl methyl sites for hydroxylation is 1. The van der Waals surface area contributed by atoms with E-state index in [0.29, 0.717) is 5.69 Å². The number of carbonyl (C=O) groups is 1. The minimum Gasteiger partial charge on any atom is -0.373 e. The summed E-state index contributed by atoms with van der Waals surface area (Å²) in [4.78, 5) is 25.2. The monoisotopic (exact) mass is 433 g/mol. The number of amides is 1. The Hall–Kier alpha value is -3.94. The molecule has 0 spiro atoms. The van der Waals surface area contributed by atoms with Gasteiger partial charge in [0.15, 0.2) is 0 Å². The summed E-state index contributed by atoms with van der Waals surface area (Å²) in [6, 6.07) is 11.8. The highest BCUT2D eigenvalue weighted by atomic mass is 19.3. The van der Waals surface area contributed by atoms with Gasteiger partial charge in [-0.25, -0.2) is 4.98 Å². The standard InChI is InChI=1S/C24H21F2N5O/c1-14-4-5-18(31-23(32)15-6-7-28-21(9-15)24(2,25)26)10-19(14)16-8-17-13-30-22(27-3)11-20(17)29-12-16/h4-13H,1-3H3,(H,27,30)(H,31,32). The average molecular weight is 433 g/mol. The topological polar surface area (TPSA) is 79.8 Å². The molecule has 4 aromatic rings. The number of halogens is 2. The minimum absolute atomic E-state index is 0.109. The van der Waals surface area contributed by atoms with Crippen molar-refractivity contribution in [2.75, 3.05) is 17.7 Å². The summed E-state index contributed by atoms with van der Waals surface area (Å²) in [5.41, 5.74) is 3.79. The second-order valence-electron chi connectivity index (χ2n) is 7.54. The van der Waals surface area contributed by atoms with Crippen LogP contribution in [0.1, 0.15) is 28.5 Å². The first-order valence-corrected chi connectivity index (χ1v) is 9.95. The van der Waals surface area contributed by atoms with Crippen LogP contribution in [0.15, 0.2) is 61.1 Å². The average Bonchev–Trinajstić information content (AvgIpc) is 2.79. The molecule has 0 atom stereocenters. The lowest BCUT2D eigenvalue weighted by atomic mass is 10.00. The fraction of sp³-hybridized carbons (Fsp3) is 0.167. The van der Waals surface area contributed by atoms with E-state index >= 15 is 0 Å². The third-order valence-electron chi connectivity index (χ3n) is 5.10. The summed E-state index contributed by atoms with van der Waals surface area (Å²) in [5.74, 6) is -2.88. The van der Waals surface area contributed by atoms with Gasteiger partial charge in [-0.3, -0.25) is 14.8 Å². The quantitative estimate of drug-likeness (QED) is 0.440. The van der Waals surface area contributed by atoms with Gasteiger partial charge >= 0.3 is 0 Å². The highest BCUT2D eigenvalue weighted by Crippen LogP contribution is 2.29. The summed E-state index contributed by atoms with van der Waals surface area (Å²) < 4.78 is 27.1. The van der Waals surface area contributed by atoms with Crippen LogP contribution in [0.3, 0.4) is 0 Å². The Balaban J connectivity index is 1.63. The molecule has 8 heteroatoms. The Morgan fingerprint density at radius 2 is 1.81 bits per heavy atom. The summed E-state index contributed by atoms with van der Waals surface area (Å²) in [6.07, 6.45) is 4.73. The molecule has 0 aliphatic heterocycles. The van der Waals surface area contributed by atoms with E-state index in [2.05, 4.69) is 25.6 Å². The van der Waals surface area contributed by atoms with Crippen molar-refractivity contribution in [2.24, 2.45) is 0 Å². The van der Waals surface area contributed by atoms with Crippen molar-refractivity contribution in [3.8, 4) is 11.1 Å². The normalized spacial score (nSPS) is 11.4. The number of alkyl halides is 2. The third kappa shape index (κ3) is 4.39. The molecule has 4 rings (SSSR count). The van der Waals surface area contributed by atoms with E-state index in [-0.39, 0.29) is 5.56 Å². The molecule has 0 fully saturated rings. The number of hydrogen-bond donors (Lipinski definition) is 2. The maximum atomic E-state index is 13.6. The smallest absolute Gasteiger partial charge is 0.286 e. The number of aromatic nitrogens is 3. The Labute approximate surface area is 183 Å². The zero-order valence-electron chi connectivity index (χ0n) is 17.8. The lowest BCUT2D eigenvalue weighted by molar-refractivity contribution is 0.0127. The molecule has 0 aliphatic carbocycles. The van der Waals surface area contributed by atoms with E-state index < -0.39 is 17.5 Å². The number of nitrogens with zero attached hydrogens (tertiary/aromatic N) is 3. The number of nitrogens with one attached hydrogen (secondary N) is 2. The molecular weight excluding hydrogens is 412 g/mol. The van der Waals surface area contributed by atoms with Crippen molar-refractivity contribution in [3.05, 3.63) is 77.9 Å². The van der Waals surface area contributed by atoms with E-state index in [4.69, 9.17) is 0 Å². The van der Waals surface area contributed by atoms with Crippen LogP contribution < -0.4 is 10.6 Å². The molecule has 0 aliphatic rings. The van der Waals surface area contributed by atoms with Crippen molar-refractivity contribution < 1.29 is 13.6 Å². The van der Waals surface area contributed by atoms with Gasteiger partial charge < -0.3 is 10.6 Å². The van der Waals surface area contributed by atoms with Crippen molar-refractivity contribution in [2.45, 2.75) is 19.8 Å². The summed E-state index contributed by atoms with van der Waals surface area (Å²) in [6.45, 7) is 2.71. The molecule has 0 bridgehead atoms. The largest absolute Gasteiger partial charge is 0.373 e. The highest BCUT2D eigenvalue weighted by Gasteiger charge is 2.27. The molecule has 0 unspecified atom stereocenters. The second-order valence-corrected chi connectivity index (χ2v) is 7.54. The number of benzene rings is 1. The molecule has 0 saturated carbocycles. The second kappa shape index (κ2) is 8.30. The molecular formula is C24H21F2N5O. The van der Waals surface area contributed by atoms with Crippen LogP contribution in [0.25, 0.3) is 22.0 Å². The zero-order chi connectivity index (χ0) is 22.9. The van der Waals surface area contributed by atoms with Crippen LogP contribution in [0.5, 0.6) is 0 Å². The number of rotatable bonds is 5. The van der Waals surface area contributed by atoms with Crippen LogP contribution in [0, 0.1) is 6.92 Å². The SMILES string of the molecule is CNc1cc2ncc(-c3cc(NC(=O)c4ccnc(C(C)(F)F)c4)ccc3C)cc2cn1. The number of carbonyl (C=O) groups excluding carboxylic acids is 1. The summed E-state index contributed by atoms with van der Waals surface area (Å²) >= 11 is 0. The molecule has 3 aromatic heterocycles. The fourth-order valence-corrected chi connectivity index (χ4v) is 3.33. The van der Waals surface area contributed by atoms with E-state index in [1.54, 1.807) is 25.5 Å². The molecule has 3 heterocycles. The van der Waals surface area contributed by atoms with Crippen LogP contribution in [-0.4, -0.2) is 27.9 Å².